The van der Waals surface area contributed by atoms with E-state index in [-0.39, 0.29) is 17.6 Å². The van der Waals surface area contributed by atoms with Crippen molar-refractivity contribution in [3.8, 4) is 5.75 Å². The van der Waals surface area contributed by atoms with Gasteiger partial charge < -0.3 is 19.9 Å². The number of rotatable bonds is 8. The van der Waals surface area contributed by atoms with E-state index in [1.807, 2.05) is 18.5 Å². The summed E-state index contributed by atoms with van der Waals surface area (Å²) >= 11 is 1.64. The Morgan fingerprint density at radius 1 is 1.26 bits per heavy atom. The summed E-state index contributed by atoms with van der Waals surface area (Å²) in [5, 5.41) is 3.89. The molecule has 178 valence electrons. The molecule has 0 saturated heterocycles. The molecule has 1 aromatic heterocycles. The molecule has 0 radical (unpaired) electrons. The summed E-state index contributed by atoms with van der Waals surface area (Å²) in [6.45, 7) is 1.02. The maximum atomic E-state index is 13.5. The van der Waals surface area contributed by atoms with Crippen molar-refractivity contribution in [2.45, 2.75) is 18.9 Å². The minimum Gasteiger partial charge on any atom is -0.496 e. The van der Waals surface area contributed by atoms with Crippen LogP contribution in [0.1, 0.15) is 28.8 Å². The first kappa shape index (κ1) is 23.9. The van der Waals surface area contributed by atoms with Crippen molar-refractivity contribution in [1.82, 2.24) is 15.2 Å². The van der Waals surface area contributed by atoms with Crippen molar-refractivity contribution in [2.75, 3.05) is 32.2 Å². The van der Waals surface area contributed by atoms with E-state index in [4.69, 9.17) is 4.74 Å². The molecule has 0 fully saturated rings. The number of carbonyl (C=O) groups excluding carboxylic acids is 2. The van der Waals surface area contributed by atoms with E-state index in [1.165, 1.54) is 19.2 Å². The molecule has 8 heteroatoms. The number of H-pyrrole nitrogens is 1. The average molecular weight is 482 g/mol. The molecule has 1 atom stereocenters. The third-order valence-electron chi connectivity index (χ3n) is 6.08. The Morgan fingerprint density at radius 2 is 2.09 bits per heavy atom. The van der Waals surface area contributed by atoms with Crippen LogP contribution in [0.4, 0.5) is 4.39 Å². The molecule has 3 aromatic rings. The third kappa shape index (κ3) is 5.12. The highest BCUT2D eigenvalue weighted by atomic mass is 32.2. The van der Waals surface area contributed by atoms with Crippen molar-refractivity contribution in [1.29, 1.82) is 0 Å². The number of aromatic amines is 1. The molecule has 1 unspecified atom stereocenters. The summed E-state index contributed by atoms with van der Waals surface area (Å²) in [5.41, 5.74) is 3.32. The standard InChI is InChI=1S/C26H28FN3O3S/c1-33-24-6-4-3-5-20(24)25(31)29-22(11-14-34-2)26(32)30-12-9-17(10-13-30)21-16-28-23-15-18(27)7-8-19(21)23/h3-9,15-16,22,28H,10-14H2,1-2H3,(H,29,31). The Bertz CT molecular complexity index is 1220. The molecule has 0 aliphatic carbocycles. The smallest absolute Gasteiger partial charge is 0.255 e. The van der Waals surface area contributed by atoms with Gasteiger partial charge in [-0.05, 0) is 60.8 Å². The van der Waals surface area contributed by atoms with Crippen molar-refractivity contribution in [2.24, 2.45) is 0 Å². The molecule has 2 amide bonds. The normalized spacial score (nSPS) is 14.6. The van der Waals surface area contributed by atoms with Crippen molar-refractivity contribution >= 4 is 40.1 Å². The first-order valence-corrected chi connectivity index (χ1v) is 12.6. The minimum absolute atomic E-state index is 0.0893. The van der Waals surface area contributed by atoms with Crippen LogP contribution in [0, 0.1) is 5.82 Å². The number of ether oxygens (including phenoxy) is 1. The number of thioether (sulfide) groups is 1. The second-order valence-corrected chi connectivity index (χ2v) is 9.15. The number of hydrogen-bond donors (Lipinski definition) is 2. The van der Waals surface area contributed by atoms with E-state index in [1.54, 1.807) is 47.0 Å². The Hall–Kier alpha value is -3.26. The number of para-hydroxylation sites is 1. The van der Waals surface area contributed by atoms with Crippen LogP contribution < -0.4 is 10.1 Å². The lowest BCUT2D eigenvalue weighted by atomic mass is 9.98. The molecule has 0 saturated carbocycles. The molecule has 1 aliphatic rings. The van der Waals surface area contributed by atoms with E-state index in [0.717, 1.165) is 27.8 Å². The molecule has 34 heavy (non-hydrogen) atoms. The molecular formula is C26H28FN3O3S. The van der Waals surface area contributed by atoms with Gasteiger partial charge in [0.2, 0.25) is 5.91 Å². The zero-order valence-electron chi connectivity index (χ0n) is 19.3. The maximum absolute atomic E-state index is 13.5. The van der Waals surface area contributed by atoms with Crippen LogP contribution in [-0.2, 0) is 4.79 Å². The van der Waals surface area contributed by atoms with Crippen LogP contribution in [0.15, 0.2) is 54.7 Å². The van der Waals surface area contributed by atoms with Gasteiger partial charge in [-0.15, -0.1) is 0 Å². The molecule has 1 aliphatic heterocycles. The summed E-state index contributed by atoms with van der Waals surface area (Å²) in [6, 6.07) is 11.1. The molecule has 0 spiro atoms. The maximum Gasteiger partial charge on any atom is 0.255 e. The van der Waals surface area contributed by atoms with E-state index in [2.05, 4.69) is 10.3 Å². The number of halogens is 1. The lowest BCUT2D eigenvalue weighted by Crippen LogP contribution is -2.50. The Balaban J connectivity index is 1.48. The number of amides is 2. The number of fused-ring (bicyclic) bond motifs is 1. The summed E-state index contributed by atoms with van der Waals surface area (Å²) in [7, 11) is 1.52. The molecular weight excluding hydrogens is 453 g/mol. The van der Waals surface area contributed by atoms with Crippen LogP contribution in [0.25, 0.3) is 16.5 Å². The second-order valence-electron chi connectivity index (χ2n) is 8.16. The molecule has 0 bridgehead atoms. The highest BCUT2D eigenvalue weighted by Crippen LogP contribution is 2.30. The minimum atomic E-state index is -0.615. The Morgan fingerprint density at radius 3 is 2.82 bits per heavy atom. The van der Waals surface area contributed by atoms with Gasteiger partial charge in [-0.2, -0.15) is 11.8 Å². The topological polar surface area (TPSA) is 74.4 Å². The van der Waals surface area contributed by atoms with Gasteiger partial charge in [0.05, 0.1) is 12.7 Å². The fraction of sp³-hybridized carbons (Fsp3) is 0.308. The van der Waals surface area contributed by atoms with Gasteiger partial charge in [0.15, 0.2) is 0 Å². The number of hydrogen-bond acceptors (Lipinski definition) is 4. The SMILES string of the molecule is COc1ccccc1C(=O)NC(CCSC)C(=O)N1CC=C(c2c[nH]c3cc(F)ccc23)CC1. The summed E-state index contributed by atoms with van der Waals surface area (Å²) < 4.78 is 18.8. The Kier molecular flexibility index (Phi) is 7.57. The van der Waals surface area contributed by atoms with Gasteiger partial charge >= 0.3 is 0 Å². The van der Waals surface area contributed by atoms with E-state index >= 15 is 0 Å². The summed E-state index contributed by atoms with van der Waals surface area (Å²) in [4.78, 5) is 31.2. The van der Waals surface area contributed by atoms with Crippen LogP contribution >= 0.6 is 11.8 Å². The zero-order valence-corrected chi connectivity index (χ0v) is 20.1. The first-order valence-electron chi connectivity index (χ1n) is 11.2. The monoisotopic (exact) mass is 481 g/mol. The summed E-state index contributed by atoms with van der Waals surface area (Å²) in [6.07, 6.45) is 7.14. The largest absolute Gasteiger partial charge is 0.496 e. The number of carbonyl (C=O) groups is 2. The molecule has 4 rings (SSSR count). The van der Waals surface area contributed by atoms with Gasteiger partial charge in [0.25, 0.3) is 5.91 Å². The van der Waals surface area contributed by atoms with E-state index in [0.29, 0.717) is 37.2 Å². The number of aromatic nitrogens is 1. The third-order valence-corrected chi connectivity index (χ3v) is 6.72. The zero-order chi connectivity index (χ0) is 24.1. The fourth-order valence-corrected chi connectivity index (χ4v) is 4.73. The molecule has 6 nitrogen and oxygen atoms in total. The van der Waals surface area contributed by atoms with Gasteiger partial charge in [-0.25, -0.2) is 4.39 Å². The van der Waals surface area contributed by atoms with Crippen LogP contribution in [0.2, 0.25) is 0 Å². The number of nitrogens with zero attached hydrogens (tertiary/aromatic N) is 1. The highest BCUT2D eigenvalue weighted by Gasteiger charge is 2.28. The number of benzene rings is 2. The fourth-order valence-electron chi connectivity index (χ4n) is 4.26. The van der Waals surface area contributed by atoms with Crippen molar-refractivity contribution in [3.05, 3.63) is 71.7 Å². The molecule has 2 heterocycles. The quantitative estimate of drug-likeness (QED) is 0.497. The van der Waals surface area contributed by atoms with Crippen molar-refractivity contribution < 1.29 is 18.7 Å². The number of nitrogens with one attached hydrogen (secondary N) is 2. The molecule has 2 aromatic carbocycles. The van der Waals surface area contributed by atoms with Gasteiger partial charge in [-0.1, -0.05) is 18.2 Å². The first-order chi connectivity index (χ1) is 16.5. The van der Waals surface area contributed by atoms with Crippen LogP contribution in [-0.4, -0.2) is 59.9 Å². The highest BCUT2D eigenvalue weighted by molar-refractivity contribution is 7.98. The van der Waals surface area contributed by atoms with Gasteiger partial charge in [0.1, 0.15) is 17.6 Å². The van der Waals surface area contributed by atoms with Crippen LogP contribution in [0.5, 0.6) is 5.75 Å². The second kappa shape index (κ2) is 10.8. The predicted octanol–water partition coefficient (Wildman–Crippen LogP) is 4.48. The van der Waals surface area contributed by atoms with E-state index < -0.39 is 6.04 Å². The van der Waals surface area contributed by atoms with E-state index in [9.17, 15) is 14.0 Å². The van der Waals surface area contributed by atoms with Crippen molar-refractivity contribution in [3.63, 3.8) is 0 Å². The molecule has 2 N–H and O–H groups in total. The Labute approximate surface area is 202 Å². The predicted molar refractivity (Wildman–Crippen MR) is 135 cm³/mol. The lowest BCUT2D eigenvalue weighted by molar-refractivity contribution is -0.132. The summed E-state index contributed by atoms with van der Waals surface area (Å²) in [5.74, 6) is 0.537. The average Bonchev–Trinajstić information content (AvgIpc) is 3.29. The number of methoxy groups -OCH3 is 1. The van der Waals surface area contributed by atoms with Gasteiger partial charge in [0, 0.05) is 35.8 Å². The lowest BCUT2D eigenvalue weighted by Gasteiger charge is -2.30. The van der Waals surface area contributed by atoms with Gasteiger partial charge in [-0.3, -0.25) is 9.59 Å². The van der Waals surface area contributed by atoms with Crippen LogP contribution in [0.3, 0.4) is 0 Å².